The summed E-state index contributed by atoms with van der Waals surface area (Å²) in [5, 5.41) is 19.0. The van der Waals surface area contributed by atoms with E-state index >= 15 is 0 Å². The Bertz CT molecular complexity index is 894. The molecule has 0 aliphatic heterocycles. The topological polar surface area (TPSA) is 104 Å². The van der Waals surface area contributed by atoms with Crippen LogP contribution in [0.15, 0.2) is 53.9 Å². The van der Waals surface area contributed by atoms with E-state index in [1.807, 2.05) is 6.07 Å². The molecule has 116 valence electrons. The van der Waals surface area contributed by atoms with E-state index in [9.17, 15) is 14.3 Å². The lowest BCUT2D eigenvalue weighted by atomic mass is 10.1. The van der Waals surface area contributed by atoms with Gasteiger partial charge in [0.1, 0.15) is 12.1 Å². The largest absolute Gasteiger partial charge is 0.295 e. The number of pyridine rings is 1. The van der Waals surface area contributed by atoms with Gasteiger partial charge in [0.2, 0.25) is 5.16 Å². The molecular formula is C14H11N5O3S. The monoisotopic (exact) mass is 329 g/mol. The zero-order valence-electron chi connectivity index (χ0n) is 12.0. The molecule has 2 heterocycles. The molecule has 0 aliphatic rings. The Labute approximate surface area is 133 Å². The van der Waals surface area contributed by atoms with E-state index < -0.39 is 15.7 Å². The zero-order chi connectivity index (χ0) is 16.4. The van der Waals surface area contributed by atoms with Crippen LogP contribution < -0.4 is 0 Å². The molecule has 0 unspecified atom stereocenters. The number of nitro groups is 1. The van der Waals surface area contributed by atoms with Crippen molar-refractivity contribution >= 4 is 16.5 Å². The Morgan fingerprint density at radius 2 is 1.91 bits per heavy atom. The van der Waals surface area contributed by atoms with E-state index in [0.29, 0.717) is 11.4 Å². The van der Waals surface area contributed by atoms with Gasteiger partial charge in [-0.1, -0.05) is 30.3 Å². The standard InChI is InChI=1S/C14H11N5O3S/c1-23(22)14-17-15-9-18(14)12-8-7-11(19(20)21)13(16-12)10-5-3-2-4-6-10/h2-9H,1H3/t23-/m1/s1. The Balaban J connectivity index is 2.20. The molecule has 0 bridgehead atoms. The summed E-state index contributed by atoms with van der Waals surface area (Å²) in [6, 6.07) is 11.7. The first-order valence-corrected chi connectivity index (χ1v) is 8.08. The summed E-state index contributed by atoms with van der Waals surface area (Å²) < 4.78 is 13.1. The number of hydrogen-bond acceptors (Lipinski definition) is 6. The van der Waals surface area contributed by atoms with E-state index in [4.69, 9.17) is 0 Å². The van der Waals surface area contributed by atoms with Crippen LogP contribution in [0.4, 0.5) is 5.69 Å². The van der Waals surface area contributed by atoms with Crippen molar-refractivity contribution in [2.45, 2.75) is 5.16 Å². The number of nitrogens with zero attached hydrogens (tertiary/aromatic N) is 5. The summed E-state index contributed by atoms with van der Waals surface area (Å²) in [4.78, 5) is 15.1. The Morgan fingerprint density at radius 3 is 2.57 bits per heavy atom. The molecule has 9 heteroatoms. The minimum Gasteiger partial charge on any atom is -0.258 e. The van der Waals surface area contributed by atoms with Crippen LogP contribution in [0, 0.1) is 10.1 Å². The van der Waals surface area contributed by atoms with Gasteiger partial charge < -0.3 is 0 Å². The van der Waals surface area contributed by atoms with Gasteiger partial charge in [-0.25, -0.2) is 4.98 Å². The molecule has 2 aromatic heterocycles. The molecule has 3 rings (SSSR count). The molecule has 0 amide bonds. The fourth-order valence-electron chi connectivity index (χ4n) is 2.11. The normalized spacial score (nSPS) is 12.0. The Hall–Kier alpha value is -2.94. The zero-order valence-corrected chi connectivity index (χ0v) is 12.8. The summed E-state index contributed by atoms with van der Waals surface area (Å²) in [5.41, 5.74) is 0.745. The molecule has 0 N–H and O–H groups in total. The second-order valence-electron chi connectivity index (χ2n) is 4.60. The minimum atomic E-state index is -1.36. The summed E-state index contributed by atoms with van der Waals surface area (Å²) in [5.74, 6) is 0.365. The molecule has 0 saturated carbocycles. The van der Waals surface area contributed by atoms with Crippen LogP contribution in [0.25, 0.3) is 17.1 Å². The van der Waals surface area contributed by atoms with Crippen LogP contribution in [0.3, 0.4) is 0 Å². The number of benzene rings is 1. The molecule has 23 heavy (non-hydrogen) atoms. The minimum absolute atomic E-state index is 0.104. The molecule has 0 spiro atoms. The SMILES string of the molecule is C[S@@](=O)c1nncn1-c1ccc([N+](=O)[O-])c(-c2ccccc2)n1. The third kappa shape index (κ3) is 2.86. The van der Waals surface area contributed by atoms with Crippen LogP contribution >= 0.6 is 0 Å². The van der Waals surface area contributed by atoms with Crippen molar-refractivity contribution in [3.63, 3.8) is 0 Å². The number of hydrogen-bond donors (Lipinski definition) is 0. The summed E-state index contributed by atoms with van der Waals surface area (Å²) in [7, 11) is -1.36. The van der Waals surface area contributed by atoms with Crippen molar-refractivity contribution in [3.05, 3.63) is 58.9 Å². The second kappa shape index (κ2) is 6.05. The Morgan fingerprint density at radius 1 is 1.17 bits per heavy atom. The van der Waals surface area contributed by atoms with Crippen molar-refractivity contribution in [2.24, 2.45) is 0 Å². The van der Waals surface area contributed by atoms with Crippen LogP contribution in [0.2, 0.25) is 0 Å². The molecule has 3 aromatic rings. The van der Waals surface area contributed by atoms with Gasteiger partial charge in [0.05, 0.1) is 15.7 Å². The van der Waals surface area contributed by atoms with Crippen molar-refractivity contribution < 1.29 is 9.13 Å². The van der Waals surface area contributed by atoms with Gasteiger partial charge in [0, 0.05) is 17.9 Å². The van der Waals surface area contributed by atoms with E-state index in [0.717, 1.165) is 0 Å². The fraction of sp³-hybridized carbons (Fsp3) is 0.0714. The predicted molar refractivity (Wildman–Crippen MR) is 83.6 cm³/mol. The van der Waals surface area contributed by atoms with Gasteiger partial charge >= 0.3 is 0 Å². The van der Waals surface area contributed by atoms with Gasteiger partial charge in [-0.05, 0) is 6.07 Å². The highest BCUT2D eigenvalue weighted by molar-refractivity contribution is 7.84. The summed E-state index contributed by atoms with van der Waals surface area (Å²) >= 11 is 0. The summed E-state index contributed by atoms with van der Waals surface area (Å²) in [6.07, 6.45) is 2.85. The van der Waals surface area contributed by atoms with Crippen LogP contribution in [-0.2, 0) is 10.8 Å². The molecule has 8 nitrogen and oxygen atoms in total. The predicted octanol–water partition coefficient (Wildman–Crippen LogP) is 1.97. The molecule has 0 aliphatic carbocycles. The van der Waals surface area contributed by atoms with Gasteiger partial charge in [0.25, 0.3) is 5.69 Å². The maximum absolute atomic E-state index is 11.7. The molecule has 0 saturated heterocycles. The second-order valence-corrected chi connectivity index (χ2v) is 5.87. The third-order valence-electron chi connectivity index (χ3n) is 3.12. The lowest BCUT2D eigenvalue weighted by Gasteiger charge is -2.07. The first kappa shape index (κ1) is 15.0. The van der Waals surface area contributed by atoms with E-state index in [1.165, 1.54) is 29.3 Å². The Kier molecular flexibility index (Phi) is 3.94. The van der Waals surface area contributed by atoms with Crippen LogP contribution in [0.5, 0.6) is 0 Å². The van der Waals surface area contributed by atoms with E-state index in [2.05, 4.69) is 15.2 Å². The molecule has 1 aromatic carbocycles. The molecule has 0 radical (unpaired) electrons. The van der Waals surface area contributed by atoms with E-state index in [1.54, 1.807) is 24.3 Å². The third-order valence-corrected chi connectivity index (χ3v) is 3.92. The van der Waals surface area contributed by atoms with Crippen molar-refractivity contribution in [1.29, 1.82) is 0 Å². The van der Waals surface area contributed by atoms with Gasteiger partial charge in [0.15, 0.2) is 5.69 Å². The van der Waals surface area contributed by atoms with Crippen LogP contribution in [-0.4, -0.2) is 35.1 Å². The molecule has 0 fully saturated rings. The number of aromatic nitrogens is 4. The van der Waals surface area contributed by atoms with E-state index in [-0.39, 0.29) is 16.5 Å². The van der Waals surface area contributed by atoms with Gasteiger partial charge in [-0.3, -0.25) is 18.9 Å². The highest BCUT2D eigenvalue weighted by Gasteiger charge is 2.19. The fourth-order valence-corrected chi connectivity index (χ4v) is 2.69. The first-order chi connectivity index (χ1) is 11.1. The van der Waals surface area contributed by atoms with Crippen molar-refractivity contribution in [3.8, 4) is 17.1 Å². The smallest absolute Gasteiger partial charge is 0.258 e. The number of rotatable bonds is 4. The summed E-state index contributed by atoms with van der Waals surface area (Å²) in [6.45, 7) is 0. The lowest BCUT2D eigenvalue weighted by Crippen LogP contribution is -2.05. The average molecular weight is 329 g/mol. The maximum Gasteiger partial charge on any atom is 0.295 e. The first-order valence-electron chi connectivity index (χ1n) is 6.52. The highest BCUT2D eigenvalue weighted by Crippen LogP contribution is 2.29. The van der Waals surface area contributed by atoms with Crippen molar-refractivity contribution in [2.75, 3.05) is 6.26 Å². The highest BCUT2D eigenvalue weighted by atomic mass is 32.2. The van der Waals surface area contributed by atoms with Gasteiger partial charge in [-0.15, -0.1) is 10.2 Å². The molecule has 1 atom stereocenters. The quantitative estimate of drug-likeness (QED) is 0.535. The van der Waals surface area contributed by atoms with Crippen LogP contribution in [0.1, 0.15) is 0 Å². The molecular weight excluding hydrogens is 318 g/mol. The van der Waals surface area contributed by atoms with Crippen molar-refractivity contribution in [1.82, 2.24) is 19.7 Å². The maximum atomic E-state index is 11.7. The lowest BCUT2D eigenvalue weighted by molar-refractivity contribution is -0.384. The van der Waals surface area contributed by atoms with Gasteiger partial charge in [-0.2, -0.15) is 0 Å². The average Bonchev–Trinajstić information content (AvgIpc) is 3.05.